The molecule has 24 heavy (non-hydrogen) atoms. The fourth-order valence-electron chi connectivity index (χ4n) is 2.71. The standard InChI is InChI=1S/C17H23BrN2O4/c1-23-14-9-12(13(18)11-15(14)24-2)10-16(21)19-6-4-8-20-7-3-5-17(20)22/h9,11H,3-8,10H2,1-2H3,(H,19,21). The minimum Gasteiger partial charge on any atom is -0.493 e. The highest BCUT2D eigenvalue weighted by Crippen LogP contribution is 2.33. The monoisotopic (exact) mass is 398 g/mol. The molecule has 1 aliphatic rings. The van der Waals surface area contributed by atoms with Gasteiger partial charge in [0.05, 0.1) is 20.6 Å². The maximum Gasteiger partial charge on any atom is 0.224 e. The van der Waals surface area contributed by atoms with E-state index in [1.54, 1.807) is 26.4 Å². The lowest BCUT2D eigenvalue weighted by Crippen LogP contribution is -2.31. The molecule has 1 aromatic rings. The summed E-state index contributed by atoms with van der Waals surface area (Å²) < 4.78 is 11.3. The fraction of sp³-hybridized carbons (Fsp3) is 0.529. The Hall–Kier alpha value is -1.76. The molecule has 6 nitrogen and oxygen atoms in total. The van der Waals surface area contributed by atoms with Gasteiger partial charge in [-0.25, -0.2) is 0 Å². The highest BCUT2D eigenvalue weighted by atomic mass is 79.9. The number of carbonyl (C=O) groups excluding carboxylic acids is 2. The van der Waals surface area contributed by atoms with E-state index in [9.17, 15) is 9.59 Å². The predicted octanol–water partition coefficient (Wildman–Crippen LogP) is 2.14. The first kappa shape index (κ1) is 18.6. The number of halogens is 1. The molecule has 1 saturated heterocycles. The van der Waals surface area contributed by atoms with Crippen molar-refractivity contribution in [1.82, 2.24) is 10.2 Å². The van der Waals surface area contributed by atoms with Crippen LogP contribution in [0, 0.1) is 0 Å². The van der Waals surface area contributed by atoms with E-state index in [1.807, 2.05) is 4.90 Å². The Morgan fingerprint density at radius 1 is 1.29 bits per heavy atom. The molecule has 0 unspecified atom stereocenters. The third-order valence-electron chi connectivity index (χ3n) is 4.00. The second kappa shape index (κ2) is 8.92. The second-order valence-corrected chi connectivity index (χ2v) is 6.52. The molecule has 0 aliphatic carbocycles. The summed E-state index contributed by atoms with van der Waals surface area (Å²) in [5.41, 5.74) is 0.833. The minimum atomic E-state index is -0.0596. The first-order chi connectivity index (χ1) is 11.5. The maximum absolute atomic E-state index is 12.1. The van der Waals surface area contributed by atoms with E-state index in [1.165, 1.54) is 0 Å². The molecular weight excluding hydrogens is 376 g/mol. The van der Waals surface area contributed by atoms with Crippen molar-refractivity contribution >= 4 is 27.7 Å². The van der Waals surface area contributed by atoms with Gasteiger partial charge in [-0.3, -0.25) is 9.59 Å². The third-order valence-corrected chi connectivity index (χ3v) is 4.74. The molecule has 7 heteroatoms. The molecule has 1 N–H and O–H groups in total. The summed E-state index contributed by atoms with van der Waals surface area (Å²) >= 11 is 3.45. The van der Waals surface area contributed by atoms with E-state index in [2.05, 4.69) is 21.2 Å². The summed E-state index contributed by atoms with van der Waals surface area (Å²) in [5, 5.41) is 2.89. The molecule has 0 radical (unpaired) electrons. The minimum absolute atomic E-state index is 0.0596. The molecule has 0 aromatic heterocycles. The Bertz CT molecular complexity index is 606. The van der Waals surface area contributed by atoms with E-state index in [0.29, 0.717) is 31.0 Å². The van der Waals surface area contributed by atoms with Gasteiger partial charge in [0.2, 0.25) is 11.8 Å². The van der Waals surface area contributed by atoms with Crippen LogP contribution < -0.4 is 14.8 Å². The summed E-state index contributed by atoms with van der Waals surface area (Å²) in [6.07, 6.45) is 2.62. The normalized spacial score (nSPS) is 14.0. The van der Waals surface area contributed by atoms with Gasteiger partial charge in [0.15, 0.2) is 11.5 Å². The molecule has 1 heterocycles. The smallest absolute Gasteiger partial charge is 0.224 e. The first-order valence-electron chi connectivity index (χ1n) is 8.00. The average Bonchev–Trinajstić information content (AvgIpc) is 2.98. The van der Waals surface area contributed by atoms with Crippen LogP contribution >= 0.6 is 15.9 Å². The average molecular weight is 399 g/mol. The van der Waals surface area contributed by atoms with Crippen molar-refractivity contribution in [2.75, 3.05) is 33.9 Å². The van der Waals surface area contributed by atoms with E-state index in [-0.39, 0.29) is 18.2 Å². The number of hydrogen-bond acceptors (Lipinski definition) is 4. The predicted molar refractivity (Wildman–Crippen MR) is 94.4 cm³/mol. The molecule has 0 bridgehead atoms. The highest BCUT2D eigenvalue weighted by molar-refractivity contribution is 9.10. The maximum atomic E-state index is 12.1. The van der Waals surface area contributed by atoms with Gasteiger partial charge in [-0.2, -0.15) is 0 Å². The molecule has 1 aliphatic heterocycles. The van der Waals surface area contributed by atoms with Crippen LogP contribution in [0.5, 0.6) is 11.5 Å². The van der Waals surface area contributed by atoms with E-state index in [0.717, 1.165) is 29.4 Å². The highest BCUT2D eigenvalue weighted by Gasteiger charge is 2.19. The van der Waals surface area contributed by atoms with Crippen molar-refractivity contribution in [2.45, 2.75) is 25.7 Å². The van der Waals surface area contributed by atoms with Gasteiger partial charge in [0.25, 0.3) is 0 Å². The molecular formula is C17H23BrN2O4. The van der Waals surface area contributed by atoms with Crippen molar-refractivity contribution in [1.29, 1.82) is 0 Å². The quantitative estimate of drug-likeness (QED) is 0.681. The van der Waals surface area contributed by atoms with Crippen molar-refractivity contribution in [3.8, 4) is 11.5 Å². The first-order valence-corrected chi connectivity index (χ1v) is 8.79. The van der Waals surface area contributed by atoms with E-state index in [4.69, 9.17) is 9.47 Å². The van der Waals surface area contributed by atoms with Gasteiger partial charge < -0.3 is 19.7 Å². The topological polar surface area (TPSA) is 67.9 Å². The number of hydrogen-bond donors (Lipinski definition) is 1. The van der Waals surface area contributed by atoms with E-state index < -0.39 is 0 Å². The molecule has 2 rings (SSSR count). The largest absolute Gasteiger partial charge is 0.493 e. The molecule has 2 amide bonds. The number of nitrogens with one attached hydrogen (secondary N) is 1. The number of carbonyl (C=O) groups is 2. The van der Waals surface area contributed by atoms with Crippen LogP contribution in [-0.4, -0.2) is 50.6 Å². The van der Waals surface area contributed by atoms with Gasteiger partial charge in [0, 0.05) is 30.5 Å². The van der Waals surface area contributed by atoms with Crippen LogP contribution in [0.1, 0.15) is 24.8 Å². The number of amides is 2. The zero-order valence-corrected chi connectivity index (χ0v) is 15.6. The SMILES string of the molecule is COc1cc(Br)c(CC(=O)NCCCN2CCCC2=O)cc1OC. The Kier molecular flexibility index (Phi) is 6.90. The lowest BCUT2D eigenvalue weighted by atomic mass is 10.1. The van der Waals surface area contributed by atoms with Crippen molar-refractivity contribution in [3.05, 3.63) is 22.2 Å². The Balaban J connectivity index is 1.80. The summed E-state index contributed by atoms with van der Waals surface area (Å²) in [7, 11) is 3.14. The number of ether oxygens (including phenoxy) is 2. The summed E-state index contributed by atoms with van der Waals surface area (Å²) in [4.78, 5) is 25.5. The van der Waals surface area contributed by atoms with Gasteiger partial charge in [-0.1, -0.05) is 15.9 Å². The number of benzene rings is 1. The molecule has 0 spiro atoms. The Labute approximate surface area is 150 Å². The lowest BCUT2D eigenvalue weighted by Gasteiger charge is -2.15. The van der Waals surface area contributed by atoms with Crippen LogP contribution in [0.15, 0.2) is 16.6 Å². The van der Waals surface area contributed by atoms with Crippen LogP contribution in [0.25, 0.3) is 0 Å². The van der Waals surface area contributed by atoms with Crippen LogP contribution in [0.4, 0.5) is 0 Å². The molecule has 0 atom stereocenters. The van der Waals surface area contributed by atoms with Gasteiger partial charge in [0.1, 0.15) is 0 Å². The number of methoxy groups -OCH3 is 2. The number of likely N-dealkylation sites (tertiary alicyclic amines) is 1. The van der Waals surface area contributed by atoms with Gasteiger partial charge in [-0.05, 0) is 30.5 Å². The zero-order chi connectivity index (χ0) is 17.5. The molecule has 132 valence electrons. The van der Waals surface area contributed by atoms with Crippen LogP contribution in [-0.2, 0) is 16.0 Å². The fourth-order valence-corrected chi connectivity index (χ4v) is 3.17. The third kappa shape index (κ3) is 4.87. The second-order valence-electron chi connectivity index (χ2n) is 5.66. The number of nitrogens with zero attached hydrogens (tertiary/aromatic N) is 1. The molecule has 1 aromatic carbocycles. The molecule has 0 saturated carbocycles. The summed E-state index contributed by atoms with van der Waals surface area (Å²) in [6, 6.07) is 3.59. The van der Waals surface area contributed by atoms with Crippen molar-refractivity contribution < 1.29 is 19.1 Å². The molecule has 1 fully saturated rings. The van der Waals surface area contributed by atoms with Crippen LogP contribution in [0.2, 0.25) is 0 Å². The number of rotatable bonds is 8. The lowest BCUT2D eigenvalue weighted by molar-refractivity contribution is -0.127. The summed E-state index contributed by atoms with van der Waals surface area (Å²) in [5.74, 6) is 1.37. The Morgan fingerprint density at radius 3 is 2.62 bits per heavy atom. The van der Waals surface area contributed by atoms with Gasteiger partial charge >= 0.3 is 0 Å². The Morgan fingerprint density at radius 2 is 2.00 bits per heavy atom. The van der Waals surface area contributed by atoms with Gasteiger partial charge in [-0.15, -0.1) is 0 Å². The summed E-state index contributed by atoms with van der Waals surface area (Å²) in [6.45, 7) is 2.11. The van der Waals surface area contributed by atoms with Crippen molar-refractivity contribution in [3.63, 3.8) is 0 Å². The zero-order valence-electron chi connectivity index (χ0n) is 14.1. The van der Waals surface area contributed by atoms with E-state index >= 15 is 0 Å². The van der Waals surface area contributed by atoms with Crippen LogP contribution in [0.3, 0.4) is 0 Å². The van der Waals surface area contributed by atoms with Crippen molar-refractivity contribution in [2.24, 2.45) is 0 Å².